The minimum absolute atomic E-state index is 0.00670. The first-order chi connectivity index (χ1) is 11.7. The van der Waals surface area contributed by atoms with Crippen LogP contribution in [0.15, 0.2) is 44.3 Å². The first-order valence-corrected chi connectivity index (χ1v) is 7.58. The fraction of sp³-hybridized carbons (Fsp3) is 0.250. The number of carbonyl (C=O) groups excluding carboxylic acids is 1. The maximum absolute atomic E-state index is 12.1. The number of pyridine rings is 1. The molecule has 0 unspecified atom stereocenters. The van der Waals surface area contributed by atoms with Crippen molar-refractivity contribution >= 4 is 5.91 Å². The SMILES string of the molecule is O=C(NCc1nc(C2CC2)no1)c1ccc(-c2ccco2)[nH]c1=O. The van der Waals surface area contributed by atoms with Crippen molar-refractivity contribution in [3.8, 4) is 11.5 Å². The second-order valence-corrected chi connectivity index (χ2v) is 5.60. The summed E-state index contributed by atoms with van der Waals surface area (Å²) in [7, 11) is 0. The van der Waals surface area contributed by atoms with Gasteiger partial charge >= 0.3 is 0 Å². The Hall–Kier alpha value is -3.16. The molecule has 24 heavy (non-hydrogen) atoms. The van der Waals surface area contributed by atoms with E-state index in [2.05, 4.69) is 20.4 Å². The number of carbonyl (C=O) groups is 1. The summed E-state index contributed by atoms with van der Waals surface area (Å²) in [4.78, 5) is 31.1. The Bertz CT molecular complexity index is 922. The highest BCUT2D eigenvalue weighted by Crippen LogP contribution is 2.38. The van der Waals surface area contributed by atoms with Crippen LogP contribution in [0.25, 0.3) is 11.5 Å². The van der Waals surface area contributed by atoms with Gasteiger partial charge in [0.15, 0.2) is 5.82 Å². The van der Waals surface area contributed by atoms with Crippen LogP contribution in [-0.4, -0.2) is 21.0 Å². The molecular weight excluding hydrogens is 312 g/mol. The molecule has 3 aromatic heterocycles. The summed E-state index contributed by atoms with van der Waals surface area (Å²) in [5, 5.41) is 6.48. The molecule has 0 saturated heterocycles. The number of rotatable bonds is 5. The zero-order chi connectivity index (χ0) is 16.5. The second-order valence-electron chi connectivity index (χ2n) is 5.60. The van der Waals surface area contributed by atoms with E-state index in [1.165, 1.54) is 12.3 Å². The Balaban J connectivity index is 1.44. The van der Waals surface area contributed by atoms with Gasteiger partial charge < -0.3 is 19.2 Å². The van der Waals surface area contributed by atoms with Gasteiger partial charge in [0.1, 0.15) is 11.3 Å². The van der Waals surface area contributed by atoms with Crippen molar-refractivity contribution in [2.75, 3.05) is 0 Å². The predicted molar refractivity (Wildman–Crippen MR) is 82.2 cm³/mol. The third kappa shape index (κ3) is 2.85. The third-order valence-corrected chi connectivity index (χ3v) is 3.77. The van der Waals surface area contributed by atoms with Gasteiger partial charge in [-0.25, -0.2) is 0 Å². The van der Waals surface area contributed by atoms with Crippen molar-refractivity contribution in [2.45, 2.75) is 25.3 Å². The number of H-pyrrole nitrogens is 1. The smallest absolute Gasteiger partial charge is 0.261 e. The summed E-state index contributed by atoms with van der Waals surface area (Å²) >= 11 is 0. The van der Waals surface area contributed by atoms with Crippen molar-refractivity contribution < 1.29 is 13.7 Å². The fourth-order valence-electron chi connectivity index (χ4n) is 2.33. The molecule has 4 rings (SSSR count). The van der Waals surface area contributed by atoms with E-state index in [1.807, 2.05) is 0 Å². The number of nitrogens with zero attached hydrogens (tertiary/aromatic N) is 2. The van der Waals surface area contributed by atoms with Crippen molar-refractivity contribution in [1.82, 2.24) is 20.4 Å². The van der Waals surface area contributed by atoms with E-state index in [4.69, 9.17) is 8.94 Å². The van der Waals surface area contributed by atoms with Gasteiger partial charge in [0, 0.05) is 5.92 Å². The number of amides is 1. The van der Waals surface area contributed by atoms with Gasteiger partial charge in [-0.05, 0) is 37.1 Å². The highest BCUT2D eigenvalue weighted by atomic mass is 16.5. The molecule has 1 saturated carbocycles. The van der Waals surface area contributed by atoms with Crippen LogP contribution < -0.4 is 10.9 Å². The van der Waals surface area contributed by atoms with Gasteiger partial charge in [-0.2, -0.15) is 4.98 Å². The zero-order valence-corrected chi connectivity index (χ0v) is 12.6. The molecule has 0 aromatic carbocycles. The molecule has 8 heteroatoms. The summed E-state index contributed by atoms with van der Waals surface area (Å²) in [6, 6.07) is 6.51. The first-order valence-electron chi connectivity index (χ1n) is 7.58. The maximum atomic E-state index is 12.1. The van der Waals surface area contributed by atoms with E-state index in [0.29, 0.717) is 29.1 Å². The van der Waals surface area contributed by atoms with Crippen LogP contribution >= 0.6 is 0 Å². The minimum atomic E-state index is -0.506. The lowest BCUT2D eigenvalue weighted by Gasteiger charge is -2.03. The Kier molecular flexibility index (Phi) is 3.49. The third-order valence-electron chi connectivity index (χ3n) is 3.77. The van der Waals surface area contributed by atoms with Crippen LogP contribution in [0.5, 0.6) is 0 Å². The van der Waals surface area contributed by atoms with Gasteiger partial charge in [-0.3, -0.25) is 9.59 Å². The van der Waals surface area contributed by atoms with E-state index in [0.717, 1.165) is 12.8 Å². The van der Waals surface area contributed by atoms with Crippen LogP contribution in [0, 0.1) is 0 Å². The van der Waals surface area contributed by atoms with Gasteiger partial charge in [-0.15, -0.1) is 0 Å². The molecular formula is C16H14N4O4. The van der Waals surface area contributed by atoms with Crippen LogP contribution in [0.2, 0.25) is 0 Å². The highest BCUT2D eigenvalue weighted by molar-refractivity contribution is 5.93. The molecule has 8 nitrogen and oxygen atoms in total. The molecule has 0 bridgehead atoms. The lowest BCUT2D eigenvalue weighted by atomic mass is 10.2. The maximum Gasteiger partial charge on any atom is 0.261 e. The molecule has 1 aliphatic carbocycles. The van der Waals surface area contributed by atoms with Crippen LogP contribution in [0.3, 0.4) is 0 Å². The van der Waals surface area contributed by atoms with Crippen LogP contribution in [-0.2, 0) is 6.54 Å². The molecule has 122 valence electrons. The molecule has 1 amide bonds. The number of hydrogen-bond acceptors (Lipinski definition) is 6. The van der Waals surface area contributed by atoms with Crippen molar-refractivity contribution in [2.24, 2.45) is 0 Å². The average molecular weight is 326 g/mol. The Morgan fingerprint density at radius 3 is 2.92 bits per heavy atom. The molecule has 2 N–H and O–H groups in total. The summed E-state index contributed by atoms with van der Waals surface area (Å²) in [5.74, 6) is 1.41. The predicted octanol–water partition coefficient (Wildman–Crippen LogP) is 1.83. The van der Waals surface area contributed by atoms with E-state index in [1.54, 1.807) is 18.2 Å². The fourth-order valence-corrected chi connectivity index (χ4v) is 2.33. The van der Waals surface area contributed by atoms with Gasteiger partial charge in [0.25, 0.3) is 11.5 Å². The summed E-state index contributed by atoms with van der Waals surface area (Å²) in [6.45, 7) is 0.0813. The zero-order valence-electron chi connectivity index (χ0n) is 12.6. The van der Waals surface area contributed by atoms with Gasteiger partial charge in [0.05, 0.1) is 18.5 Å². The van der Waals surface area contributed by atoms with Crippen LogP contribution in [0.4, 0.5) is 0 Å². The number of furan rings is 1. The molecule has 0 atom stereocenters. The van der Waals surface area contributed by atoms with E-state index >= 15 is 0 Å². The monoisotopic (exact) mass is 326 g/mol. The Morgan fingerprint density at radius 2 is 2.21 bits per heavy atom. The van der Waals surface area contributed by atoms with Crippen molar-refractivity contribution in [3.05, 3.63) is 58.2 Å². The lowest BCUT2D eigenvalue weighted by molar-refractivity contribution is 0.0944. The van der Waals surface area contributed by atoms with Crippen molar-refractivity contribution in [1.29, 1.82) is 0 Å². The summed E-state index contributed by atoms with van der Waals surface area (Å²) in [5.41, 5.74) is 0.0189. The number of nitrogens with one attached hydrogen (secondary N) is 2. The molecule has 0 spiro atoms. The topological polar surface area (TPSA) is 114 Å². The van der Waals surface area contributed by atoms with Gasteiger partial charge in [0.2, 0.25) is 5.89 Å². The largest absolute Gasteiger partial charge is 0.463 e. The number of hydrogen-bond donors (Lipinski definition) is 2. The van der Waals surface area contributed by atoms with Crippen LogP contribution in [0.1, 0.15) is 40.8 Å². The molecule has 3 heterocycles. The van der Waals surface area contributed by atoms with Crippen molar-refractivity contribution in [3.63, 3.8) is 0 Å². The number of aromatic amines is 1. The molecule has 1 fully saturated rings. The lowest BCUT2D eigenvalue weighted by Crippen LogP contribution is -2.29. The van der Waals surface area contributed by atoms with E-state index in [-0.39, 0.29) is 12.1 Å². The minimum Gasteiger partial charge on any atom is -0.463 e. The quantitative estimate of drug-likeness (QED) is 0.739. The Morgan fingerprint density at radius 1 is 1.33 bits per heavy atom. The van der Waals surface area contributed by atoms with E-state index < -0.39 is 11.5 Å². The summed E-state index contributed by atoms with van der Waals surface area (Å²) < 4.78 is 10.3. The molecule has 0 aliphatic heterocycles. The summed E-state index contributed by atoms with van der Waals surface area (Å²) in [6.07, 6.45) is 3.65. The normalized spacial score (nSPS) is 13.8. The van der Waals surface area contributed by atoms with E-state index in [9.17, 15) is 9.59 Å². The highest BCUT2D eigenvalue weighted by Gasteiger charge is 2.28. The average Bonchev–Trinajstić information content (AvgIpc) is 3.11. The molecule has 1 aliphatic rings. The molecule has 0 radical (unpaired) electrons. The molecule has 3 aromatic rings. The first kappa shape index (κ1) is 14.4. The Labute approximate surface area is 135 Å². The second kappa shape index (κ2) is 5.80. The van der Waals surface area contributed by atoms with Gasteiger partial charge in [-0.1, -0.05) is 5.16 Å². The standard InChI is InChI=1S/C16H14N4O4/c21-15(17-8-13-19-14(20-24-13)9-3-4-9)10-5-6-11(18-16(10)22)12-2-1-7-23-12/h1-2,5-7,9H,3-4,8H2,(H,17,21)(H,18,22). The number of aromatic nitrogens is 3.